The zero-order valence-corrected chi connectivity index (χ0v) is 7.52. The lowest BCUT2D eigenvalue weighted by Gasteiger charge is -1.95. The summed E-state index contributed by atoms with van der Waals surface area (Å²) in [5, 5.41) is 13.5. The van der Waals surface area contributed by atoms with Crippen LogP contribution in [0.2, 0.25) is 0 Å². The van der Waals surface area contributed by atoms with E-state index < -0.39 is 0 Å². The van der Waals surface area contributed by atoms with Gasteiger partial charge in [-0.05, 0) is 0 Å². The minimum atomic E-state index is -0.0848. The quantitative estimate of drug-likeness (QED) is 0.739. The summed E-state index contributed by atoms with van der Waals surface area (Å²) in [7, 11) is 0. The highest BCUT2D eigenvalue weighted by Gasteiger charge is 2.03. The van der Waals surface area contributed by atoms with Gasteiger partial charge in [-0.15, -0.1) is 11.3 Å². The van der Waals surface area contributed by atoms with Crippen LogP contribution in [-0.4, -0.2) is 16.0 Å². The van der Waals surface area contributed by atoms with Gasteiger partial charge in [-0.25, -0.2) is 4.98 Å². The molecule has 0 spiro atoms. The summed E-state index contributed by atoms with van der Waals surface area (Å²) in [6.07, 6.45) is 0.439. The summed E-state index contributed by atoms with van der Waals surface area (Å²) in [4.78, 5) is 14.8. The summed E-state index contributed by atoms with van der Waals surface area (Å²) in [5.41, 5.74) is 0.589. The number of rotatable bonds is 3. The molecule has 0 unspecified atom stereocenters. The second-order valence-electron chi connectivity index (χ2n) is 2.20. The molecule has 0 fully saturated rings. The van der Waals surface area contributed by atoms with E-state index in [0.717, 1.165) is 0 Å². The highest BCUT2D eigenvalue weighted by Crippen LogP contribution is 2.15. The first-order valence-electron chi connectivity index (χ1n) is 3.61. The number of hydrogen-bond acceptors (Lipinski definition) is 4. The van der Waals surface area contributed by atoms with Crippen molar-refractivity contribution < 1.29 is 9.90 Å². The SMILES string of the molecule is CCC(=O)Nc1nc(CO)cs1. The Bertz CT molecular complexity index is 272. The minimum Gasteiger partial charge on any atom is -0.390 e. The van der Waals surface area contributed by atoms with Gasteiger partial charge >= 0.3 is 0 Å². The van der Waals surface area contributed by atoms with Gasteiger partial charge in [-0.2, -0.15) is 0 Å². The summed E-state index contributed by atoms with van der Waals surface area (Å²) in [6, 6.07) is 0. The topological polar surface area (TPSA) is 62.2 Å². The molecule has 0 aliphatic carbocycles. The van der Waals surface area contributed by atoms with Crippen molar-refractivity contribution in [3.8, 4) is 0 Å². The Balaban J connectivity index is 2.58. The lowest BCUT2D eigenvalue weighted by Crippen LogP contribution is -2.09. The normalized spacial score (nSPS) is 9.83. The van der Waals surface area contributed by atoms with Gasteiger partial charge in [-0.3, -0.25) is 4.79 Å². The molecule has 0 atom stereocenters. The van der Waals surface area contributed by atoms with Gasteiger partial charge in [0.2, 0.25) is 5.91 Å². The average Bonchev–Trinajstić information content (AvgIpc) is 2.52. The van der Waals surface area contributed by atoms with Gasteiger partial charge in [0, 0.05) is 11.8 Å². The predicted molar refractivity (Wildman–Crippen MR) is 47.0 cm³/mol. The minimum absolute atomic E-state index is 0.0613. The van der Waals surface area contributed by atoms with Crippen LogP contribution in [0, 0.1) is 0 Å². The highest BCUT2D eigenvalue weighted by atomic mass is 32.1. The molecule has 5 heteroatoms. The van der Waals surface area contributed by atoms with E-state index >= 15 is 0 Å². The van der Waals surface area contributed by atoms with E-state index in [0.29, 0.717) is 17.2 Å². The maximum Gasteiger partial charge on any atom is 0.225 e. The number of carbonyl (C=O) groups excluding carboxylic acids is 1. The molecule has 12 heavy (non-hydrogen) atoms. The van der Waals surface area contributed by atoms with Crippen LogP contribution in [-0.2, 0) is 11.4 Å². The van der Waals surface area contributed by atoms with E-state index in [4.69, 9.17) is 5.11 Å². The first-order chi connectivity index (χ1) is 5.76. The zero-order valence-electron chi connectivity index (χ0n) is 6.70. The highest BCUT2D eigenvalue weighted by molar-refractivity contribution is 7.13. The number of thiazole rings is 1. The molecule has 66 valence electrons. The lowest BCUT2D eigenvalue weighted by atomic mass is 10.5. The molecule has 1 heterocycles. The molecule has 0 bridgehead atoms. The number of aromatic nitrogens is 1. The number of amides is 1. The molecule has 1 aromatic heterocycles. The van der Waals surface area contributed by atoms with Gasteiger partial charge in [0.05, 0.1) is 12.3 Å². The van der Waals surface area contributed by atoms with Crippen molar-refractivity contribution in [1.29, 1.82) is 0 Å². The standard InChI is InChI=1S/C7H10N2O2S/c1-2-6(11)9-7-8-5(3-10)4-12-7/h4,10H,2-3H2,1H3,(H,8,9,11). The summed E-state index contributed by atoms with van der Waals surface area (Å²) in [5.74, 6) is -0.0613. The van der Waals surface area contributed by atoms with E-state index in [1.54, 1.807) is 12.3 Å². The van der Waals surface area contributed by atoms with Crippen LogP contribution in [0.5, 0.6) is 0 Å². The maximum atomic E-state index is 10.9. The van der Waals surface area contributed by atoms with Crippen molar-refractivity contribution in [2.45, 2.75) is 20.0 Å². The smallest absolute Gasteiger partial charge is 0.225 e. The molecule has 1 rings (SSSR count). The van der Waals surface area contributed by atoms with Crippen molar-refractivity contribution >= 4 is 22.4 Å². The van der Waals surface area contributed by atoms with Crippen molar-refractivity contribution in [1.82, 2.24) is 4.98 Å². The van der Waals surface area contributed by atoms with Crippen LogP contribution in [0.4, 0.5) is 5.13 Å². The number of nitrogens with one attached hydrogen (secondary N) is 1. The Morgan fingerprint density at radius 3 is 3.08 bits per heavy atom. The fourth-order valence-corrected chi connectivity index (χ4v) is 1.36. The third-order valence-electron chi connectivity index (χ3n) is 1.28. The summed E-state index contributed by atoms with van der Waals surface area (Å²) >= 11 is 1.31. The van der Waals surface area contributed by atoms with E-state index in [1.165, 1.54) is 11.3 Å². The Morgan fingerprint density at radius 2 is 2.58 bits per heavy atom. The second-order valence-corrected chi connectivity index (χ2v) is 3.06. The molecule has 0 saturated heterocycles. The van der Waals surface area contributed by atoms with Crippen LogP contribution in [0.25, 0.3) is 0 Å². The van der Waals surface area contributed by atoms with E-state index in [2.05, 4.69) is 10.3 Å². The Hall–Kier alpha value is -0.940. The Kier molecular flexibility index (Phi) is 3.19. The molecule has 1 aromatic rings. The largest absolute Gasteiger partial charge is 0.390 e. The molecule has 0 aromatic carbocycles. The Morgan fingerprint density at radius 1 is 1.83 bits per heavy atom. The van der Waals surface area contributed by atoms with Crippen molar-refractivity contribution in [2.75, 3.05) is 5.32 Å². The van der Waals surface area contributed by atoms with E-state index in [9.17, 15) is 4.79 Å². The molecule has 0 aliphatic heterocycles. The molecule has 0 saturated carbocycles. The van der Waals surface area contributed by atoms with Gasteiger partial charge in [0.15, 0.2) is 5.13 Å². The molecule has 0 aliphatic rings. The fourth-order valence-electron chi connectivity index (χ4n) is 0.645. The molecular formula is C7H10N2O2S. The van der Waals surface area contributed by atoms with Gasteiger partial charge < -0.3 is 10.4 Å². The predicted octanol–water partition coefficient (Wildman–Crippen LogP) is 0.984. The van der Waals surface area contributed by atoms with Gasteiger partial charge in [-0.1, -0.05) is 6.92 Å². The number of aliphatic hydroxyl groups excluding tert-OH is 1. The molecule has 0 radical (unpaired) electrons. The molecule has 2 N–H and O–H groups in total. The third-order valence-corrected chi connectivity index (χ3v) is 2.09. The first kappa shape index (κ1) is 9.15. The fraction of sp³-hybridized carbons (Fsp3) is 0.429. The zero-order chi connectivity index (χ0) is 8.97. The monoisotopic (exact) mass is 186 g/mol. The third kappa shape index (κ3) is 2.28. The molecule has 1 amide bonds. The van der Waals surface area contributed by atoms with Crippen LogP contribution >= 0.6 is 11.3 Å². The number of carbonyl (C=O) groups is 1. The first-order valence-corrected chi connectivity index (χ1v) is 4.49. The van der Waals surface area contributed by atoms with Crippen molar-refractivity contribution in [2.24, 2.45) is 0 Å². The van der Waals surface area contributed by atoms with Crippen LogP contribution in [0.1, 0.15) is 19.0 Å². The number of hydrogen-bond donors (Lipinski definition) is 2. The second kappa shape index (κ2) is 4.18. The van der Waals surface area contributed by atoms with Gasteiger partial charge in [0.1, 0.15) is 0 Å². The summed E-state index contributed by atoms with van der Waals surface area (Å²) in [6.45, 7) is 1.69. The molecular weight excluding hydrogens is 176 g/mol. The lowest BCUT2D eigenvalue weighted by molar-refractivity contribution is -0.115. The van der Waals surface area contributed by atoms with Crippen LogP contribution in [0.3, 0.4) is 0 Å². The number of aliphatic hydroxyl groups is 1. The molecule has 4 nitrogen and oxygen atoms in total. The van der Waals surface area contributed by atoms with Crippen molar-refractivity contribution in [3.05, 3.63) is 11.1 Å². The number of anilines is 1. The Labute approximate surface area is 74.3 Å². The maximum absolute atomic E-state index is 10.9. The van der Waals surface area contributed by atoms with Crippen LogP contribution < -0.4 is 5.32 Å². The summed E-state index contributed by atoms with van der Waals surface area (Å²) < 4.78 is 0. The van der Waals surface area contributed by atoms with Crippen LogP contribution in [0.15, 0.2) is 5.38 Å². The van der Waals surface area contributed by atoms with E-state index in [-0.39, 0.29) is 12.5 Å². The average molecular weight is 186 g/mol. The van der Waals surface area contributed by atoms with Crippen molar-refractivity contribution in [3.63, 3.8) is 0 Å². The van der Waals surface area contributed by atoms with E-state index in [1.807, 2.05) is 0 Å². The number of nitrogens with zero attached hydrogens (tertiary/aromatic N) is 1. The van der Waals surface area contributed by atoms with Gasteiger partial charge in [0.25, 0.3) is 0 Å².